The number of nitrogens with zero attached hydrogens (tertiary/aromatic N) is 1. The molecule has 0 saturated heterocycles. The van der Waals surface area contributed by atoms with Crippen LogP contribution in [0.15, 0.2) is 24.3 Å². The van der Waals surface area contributed by atoms with Crippen LogP contribution in [-0.4, -0.2) is 31.6 Å². The molecule has 1 aliphatic heterocycles. The number of para-hydroxylation sites is 2. The van der Waals surface area contributed by atoms with E-state index in [2.05, 4.69) is 48.4 Å². The van der Waals surface area contributed by atoms with E-state index in [0.717, 1.165) is 30.9 Å². The van der Waals surface area contributed by atoms with E-state index in [9.17, 15) is 4.79 Å². The van der Waals surface area contributed by atoms with Crippen molar-refractivity contribution in [2.24, 2.45) is 5.92 Å². The van der Waals surface area contributed by atoms with Gasteiger partial charge in [-0.3, -0.25) is 4.79 Å². The van der Waals surface area contributed by atoms with Crippen molar-refractivity contribution < 1.29 is 4.79 Å². The molecule has 1 amide bonds. The first-order valence-electron chi connectivity index (χ1n) is 7.45. The predicted molar refractivity (Wildman–Crippen MR) is 84.2 cm³/mol. The highest BCUT2D eigenvalue weighted by atomic mass is 16.2. The summed E-state index contributed by atoms with van der Waals surface area (Å²) in [5, 5.41) is 6.49. The van der Waals surface area contributed by atoms with Crippen LogP contribution in [0.5, 0.6) is 0 Å². The van der Waals surface area contributed by atoms with Crippen molar-refractivity contribution in [2.45, 2.75) is 33.2 Å². The molecule has 110 valence electrons. The lowest BCUT2D eigenvalue weighted by atomic mass is 10.1. The number of carbonyl (C=O) groups excluding carboxylic acids is 1. The molecule has 1 atom stereocenters. The number of nitrogens with one attached hydrogen (secondary N) is 2. The second-order valence-electron chi connectivity index (χ2n) is 5.82. The summed E-state index contributed by atoms with van der Waals surface area (Å²) in [5.74, 6) is 0.555. The Kier molecular flexibility index (Phi) is 4.88. The Hall–Kier alpha value is -1.71. The molecule has 0 aromatic heterocycles. The quantitative estimate of drug-likeness (QED) is 0.887. The molecule has 1 aliphatic rings. The van der Waals surface area contributed by atoms with Gasteiger partial charge in [-0.05, 0) is 31.4 Å². The topological polar surface area (TPSA) is 44.4 Å². The summed E-state index contributed by atoms with van der Waals surface area (Å²) in [6.45, 7) is 8.59. The molecule has 4 heteroatoms. The molecule has 2 rings (SSSR count). The zero-order valence-electron chi connectivity index (χ0n) is 12.6. The molecule has 0 spiro atoms. The normalized spacial score (nSPS) is 16.1. The van der Waals surface area contributed by atoms with Crippen LogP contribution in [-0.2, 0) is 4.79 Å². The zero-order chi connectivity index (χ0) is 14.5. The first-order chi connectivity index (χ1) is 9.58. The maximum Gasteiger partial charge on any atom is 0.239 e. The number of carbonyl (C=O) groups is 1. The van der Waals surface area contributed by atoms with Gasteiger partial charge in [0.1, 0.15) is 0 Å². The second-order valence-corrected chi connectivity index (χ2v) is 5.82. The molecule has 0 fully saturated rings. The van der Waals surface area contributed by atoms with Crippen molar-refractivity contribution >= 4 is 17.3 Å². The van der Waals surface area contributed by atoms with E-state index in [-0.39, 0.29) is 11.9 Å². The third-order valence-electron chi connectivity index (χ3n) is 3.89. The summed E-state index contributed by atoms with van der Waals surface area (Å²) in [7, 11) is 0. The van der Waals surface area contributed by atoms with Crippen LogP contribution in [0.3, 0.4) is 0 Å². The minimum Gasteiger partial charge on any atom is -0.383 e. The molecule has 2 N–H and O–H groups in total. The lowest BCUT2D eigenvalue weighted by molar-refractivity contribution is -0.120. The Morgan fingerprint density at radius 1 is 1.35 bits per heavy atom. The smallest absolute Gasteiger partial charge is 0.239 e. The highest BCUT2D eigenvalue weighted by Crippen LogP contribution is 2.27. The number of rotatable bonds is 4. The minimum atomic E-state index is 0.0999. The summed E-state index contributed by atoms with van der Waals surface area (Å²) < 4.78 is 0. The fraction of sp³-hybridized carbons (Fsp3) is 0.562. The number of hydrogen-bond donors (Lipinski definition) is 2. The SMILES string of the molecule is CC(C)C(C)NC(=O)CN1CCCNc2ccccc21. The molecular weight excluding hydrogens is 250 g/mol. The van der Waals surface area contributed by atoms with Crippen LogP contribution < -0.4 is 15.5 Å². The average molecular weight is 275 g/mol. The van der Waals surface area contributed by atoms with E-state index >= 15 is 0 Å². The number of anilines is 2. The molecule has 1 unspecified atom stereocenters. The van der Waals surface area contributed by atoms with Gasteiger partial charge in [0.15, 0.2) is 0 Å². The molecule has 4 nitrogen and oxygen atoms in total. The molecule has 0 bridgehead atoms. The van der Waals surface area contributed by atoms with Gasteiger partial charge in [-0.15, -0.1) is 0 Å². The Morgan fingerprint density at radius 2 is 2.10 bits per heavy atom. The lowest BCUT2D eigenvalue weighted by Gasteiger charge is -2.25. The molecule has 0 radical (unpaired) electrons. The van der Waals surface area contributed by atoms with Crippen LogP contribution in [0.1, 0.15) is 27.2 Å². The molecule has 0 aliphatic carbocycles. The lowest BCUT2D eigenvalue weighted by Crippen LogP contribution is -2.43. The second kappa shape index (κ2) is 6.64. The van der Waals surface area contributed by atoms with Gasteiger partial charge in [-0.1, -0.05) is 26.0 Å². The fourth-order valence-corrected chi connectivity index (χ4v) is 2.32. The van der Waals surface area contributed by atoms with Crippen LogP contribution in [0.25, 0.3) is 0 Å². The average Bonchev–Trinajstić information content (AvgIpc) is 2.61. The Bertz CT molecular complexity index is 459. The maximum atomic E-state index is 12.2. The van der Waals surface area contributed by atoms with Gasteiger partial charge in [0.05, 0.1) is 17.9 Å². The summed E-state index contributed by atoms with van der Waals surface area (Å²) >= 11 is 0. The van der Waals surface area contributed by atoms with Gasteiger partial charge >= 0.3 is 0 Å². The Labute approximate surface area is 121 Å². The van der Waals surface area contributed by atoms with E-state index in [0.29, 0.717) is 12.5 Å². The minimum absolute atomic E-state index is 0.0999. The van der Waals surface area contributed by atoms with Crippen LogP contribution >= 0.6 is 0 Å². The van der Waals surface area contributed by atoms with Crippen molar-refractivity contribution in [2.75, 3.05) is 29.9 Å². The standard InChI is InChI=1S/C16H25N3O/c1-12(2)13(3)18-16(20)11-19-10-6-9-17-14-7-4-5-8-15(14)19/h4-5,7-8,12-13,17H,6,9-11H2,1-3H3,(H,18,20). The fourth-order valence-electron chi connectivity index (χ4n) is 2.32. The number of amides is 1. The first kappa shape index (κ1) is 14.7. The van der Waals surface area contributed by atoms with E-state index in [1.54, 1.807) is 0 Å². The molecule has 0 saturated carbocycles. The van der Waals surface area contributed by atoms with Gasteiger partial charge in [0, 0.05) is 19.1 Å². The summed E-state index contributed by atoms with van der Waals surface area (Å²) in [6.07, 6.45) is 1.04. The van der Waals surface area contributed by atoms with E-state index < -0.39 is 0 Å². The van der Waals surface area contributed by atoms with Crippen LogP contribution in [0.4, 0.5) is 11.4 Å². The highest BCUT2D eigenvalue weighted by molar-refractivity contribution is 5.83. The highest BCUT2D eigenvalue weighted by Gasteiger charge is 2.18. The van der Waals surface area contributed by atoms with E-state index in [4.69, 9.17) is 0 Å². The van der Waals surface area contributed by atoms with Crippen LogP contribution in [0, 0.1) is 5.92 Å². The van der Waals surface area contributed by atoms with E-state index in [1.165, 1.54) is 0 Å². The van der Waals surface area contributed by atoms with Crippen molar-refractivity contribution in [1.29, 1.82) is 0 Å². The molecule has 20 heavy (non-hydrogen) atoms. The van der Waals surface area contributed by atoms with Crippen molar-refractivity contribution in [3.8, 4) is 0 Å². The molecule has 1 heterocycles. The number of fused-ring (bicyclic) bond motifs is 1. The van der Waals surface area contributed by atoms with Crippen molar-refractivity contribution in [1.82, 2.24) is 5.32 Å². The van der Waals surface area contributed by atoms with Crippen molar-refractivity contribution in [3.05, 3.63) is 24.3 Å². The van der Waals surface area contributed by atoms with Crippen molar-refractivity contribution in [3.63, 3.8) is 0 Å². The monoisotopic (exact) mass is 275 g/mol. The van der Waals surface area contributed by atoms with Crippen LogP contribution in [0.2, 0.25) is 0 Å². The molecule has 1 aromatic rings. The zero-order valence-corrected chi connectivity index (χ0v) is 12.6. The summed E-state index contributed by atoms with van der Waals surface area (Å²) in [6, 6.07) is 8.40. The third kappa shape index (κ3) is 3.65. The summed E-state index contributed by atoms with van der Waals surface area (Å²) in [4.78, 5) is 14.3. The predicted octanol–water partition coefficient (Wildman–Crippen LogP) is 2.47. The van der Waals surface area contributed by atoms with Gasteiger partial charge < -0.3 is 15.5 Å². The number of benzene rings is 1. The largest absolute Gasteiger partial charge is 0.383 e. The van der Waals surface area contributed by atoms with Gasteiger partial charge in [-0.25, -0.2) is 0 Å². The van der Waals surface area contributed by atoms with E-state index in [1.807, 2.05) is 12.1 Å². The molecule has 1 aromatic carbocycles. The summed E-state index contributed by atoms with van der Waals surface area (Å²) in [5.41, 5.74) is 2.24. The van der Waals surface area contributed by atoms with Gasteiger partial charge in [-0.2, -0.15) is 0 Å². The third-order valence-corrected chi connectivity index (χ3v) is 3.89. The van der Waals surface area contributed by atoms with Gasteiger partial charge in [0.25, 0.3) is 0 Å². The van der Waals surface area contributed by atoms with Gasteiger partial charge in [0.2, 0.25) is 5.91 Å². The Morgan fingerprint density at radius 3 is 2.85 bits per heavy atom. The maximum absolute atomic E-state index is 12.2. The Balaban J connectivity index is 2.04. The molecular formula is C16H25N3O. The number of hydrogen-bond acceptors (Lipinski definition) is 3. The first-order valence-corrected chi connectivity index (χ1v) is 7.45.